The number of pyridine rings is 1. The van der Waals surface area contributed by atoms with Crippen LogP contribution >= 0.6 is 0 Å². The van der Waals surface area contributed by atoms with E-state index in [0.717, 1.165) is 51.7 Å². The Balaban J connectivity index is 1.12. The third-order valence-corrected chi connectivity index (χ3v) is 13.5. The number of amides is 2. The van der Waals surface area contributed by atoms with E-state index in [1.807, 2.05) is 0 Å². The van der Waals surface area contributed by atoms with Crippen LogP contribution in [0, 0.1) is 24.0 Å². The number of carbonyl (C=O) groups is 2. The van der Waals surface area contributed by atoms with Crippen LogP contribution in [-0.4, -0.2) is 129 Å². The number of halogens is 3. The van der Waals surface area contributed by atoms with Crippen molar-refractivity contribution in [1.82, 2.24) is 34.7 Å². The average molecular weight is 883 g/mol. The van der Waals surface area contributed by atoms with Crippen molar-refractivity contribution >= 4 is 39.7 Å². The molecule has 9 rings (SSSR count). The van der Waals surface area contributed by atoms with Crippen LogP contribution in [0.5, 0.6) is 11.8 Å². The number of piperidine rings is 2. The number of nitrogens with zero attached hydrogens (tertiary/aromatic N) is 8. The van der Waals surface area contributed by atoms with Gasteiger partial charge in [-0.2, -0.15) is 9.97 Å². The Labute approximate surface area is 372 Å². The topological polar surface area (TPSA) is 117 Å². The lowest BCUT2D eigenvalue weighted by molar-refractivity contribution is 0.0232. The molecule has 2 atom stereocenters. The van der Waals surface area contributed by atoms with Gasteiger partial charge in [-0.05, 0) is 122 Å². The summed E-state index contributed by atoms with van der Waals surface area (Å²) in [6.45, 7) is 10.4. The van der Waals surface area contributed by atoms with Crippen molar-refractivity contribution in [1.29, 1.82) is 0 Å². The highest BCUT2D eigenvalue weighted by Gasteiger charge is 2.49. The van der Waals surface area contributed by atoms with E-state index < -0.39 is 41.1 Å². The lowest BCUT2D eigenvalue weighted by Gasteiger charge is -2.39. The normalized spacial score (nSPS) is 22.7. The first-order chi connectivity index (χ1) is 30.8. The largest absolute Gasteiger partial charge is 0.461 e. The average Bonchev–Trinajstić information content (AvgIpc) is 3.69. The van der Waals surface area contributed by atoms with Gasteiger partial charge in [0.05, 0.1) is 16.5 Å². The maximum absolute atomic E-state index is 17.7. The molecule has 5 aliphatic heterocycles. The van der Waals surface area contributed by atoms with Crippen molar-refractivity contribution in [2.24, 2.45) is 0 Å². The summed E-state index contributed by atoms with van der Waals surface area (Å²) in [5.41, 5.74) is -1.79. The predicted molar refractivity (Wildman–Crippen MR) is 237 cm³/mol. The van der Waals surface area contributed by atoms with Gasteiger partial charge in [-0.1, -0.05) is 18.4 Å². The van der Waals surface area contributed by atoms with Gasteiger partial charge in [-0.15, -0.1) is 6.42 Å². The molecular weight excluding hydrogens is 826 g/mol. The second-order valence-corrected chi connectivity index (χ2v) is 19.0. The van der Waals surface area contributed by atoms with E-state index in [-0.39, 0.29) is 57.3 Å². The van der Waals surface area contributed by atoms with Gasteiger partial charge in [-0.3, -0.25) is 14.9 Å². The number of aromatic nitrogens is 3. The number of hydrogen-bond donors (Lipinski definition) is 0. The highest BCUT2D eigenvalue weighted by molar-refractivity contribution is 6.03. The summed E-state index contributed by atoms with van der Waals surface area (Å²) in [5.74, 6) is 1.13. The van der Waals surface area contributed by atoms with Gasteiger partial charge in [0.25, 0.3) is 0 Å². The summed E-state index contributed by atoms with van der Waals surface area (Å²) in [6, 6.07) is 6.03. The highest BCUT2D eigenvalue weighted by atomic mass is 19.1. The molecule has 2 amide bonds. The standard InChI is InChI=1S/C48H57F3N8O5/c1-5-35-38(50)14-13-31-25-34(63-45(60)56-23-15-33(16-24-56)55-18-8-6-9-19-55)26-36(39(31)35)41-40(51)42-37(28-52-41)43(58-21-10-7-11-22-59(58)46(61)64-47(2,3)4)54-44(53-42)62-30-48-17-12-20-57(48)29-32(49)27-48/h1,13-14,25-26,28,32-33H,6-12,15-24,27,29-30H2,2-4H3/t32-,48+/m1/s1. The molecule has 5 saturated heterocycles. The van der Waals surface area contributed by atoms with Crippen molar-refractivity contribution in [2.75, 3.05) is 64.0 Å². The molecule has 0 spiro atoms. The molecule has 64 heavy (non-hydrogen) atoms. The van der Waals surface area contributed by atoms with Crippen LogP contribution < -0.4 is 14.5 Å². The number of rotatable bonds is 7. The van der Waals surface area contributed by atoms with Crippen LogP contribution in [0.15, 0.2) is 30.5 Å². The van der Waals surface area contributed by atoms with E-state index >= 15 is 8.78 Å². The fourth-order valence-corrected chi connectivity index (χ4v) is 10.4. The van der Waals surface area contributed by atoms with Crippen molar-refractivity contribution in [2.45, 2.75) is 115 Å². The molecule has 0 radical (unpaired) electrons. The van der Waals surface area contributed by atoms with Crippen molar-refractivity contribution in [3.8, 4) is 35.4 Å². The summed E-state index contributed by atoms with van der Waals surface area (Å²) in [7, 11) is 0. The number of likely N-dealkylation sites (tertiary alicyclic amines) is 2. The number of alkyl halides is 1. The number of ether oxygens (including phenoxy) is 3. The van der Waals surface area contributed by atoms with Crippen LogP contribution in [0.25, 0.3) is 32.9 Å². The summed E-state index contributed by atoms with van der Waals surface area (Å²) in [5, 5.41) is 3.93. The molecule has 5 aliphatic rings. The van der Waals surface area contributed by atoms with Gasteiger partial charge in [0.2, 0.25) is 0 Å². The molecule has 0 aliphatic carbocycles. The second-order valence-electron chi connectivity index (χ2n) is 19.0. The molecule has 0 saturated carbocycles. The Bertz CT molecular complexity index is 2460. The quantitative estimate of drug-likeness (QED) is 0.166. The zero-order chi connectivity index (χ0) is 44.8. The second kappa shape index (κ2) is 17.9. The van der Waals surface area contributed by atoms with Crippen LogP contribution in [0.2, 0.25) is 0 Å². The molecule has 0 unspecified atom stereocenters. The van der Waals surface area contributed by atoms with Crippen LogP contribution in [0.3, 0.4) is 0 Å². The van der Waals surface area contributed by atoms with E-state index in [1.54, 1.807) is 36.7 Å². The number of fused-ring (bicyclic) bond motifs is 3. The Morgan fingerprint density at radius 3 is 2.42 bits per heavy atom. The fraction of sp³-hybridized carbons (Fsp3) is 0.562. The molecule has 7 heterocycles. The molecule has 340 valence electrons. The van der Waals surface area contributed by atoms with E-state index in [0.29, 0.717) is 63.4 Å². The maximum atomic E-state index is 17.7. The van der Waals surface area contributed by atoms with E-state index in [2.05, 4.69) is 25.7 Å². The van der Waals surface area contributed by atoms with Gasteiger partial charge >= 0.3 is 18.2 Å². The lowest BCUT2D eigenvalue weighted by Crippen LogP contribution is -2.49. The van der Waals surface area contributed by atoms with Crippen LogP contribution in [0.4, 0.5) is 28.6 Å². The molecule has 0 bridgehead atoms. The number of hydrazine groups is 1. The smallest absolute Gasteiger partial charge is 0.429 e. The van der Waals surface area contributed by atoms with Crippen molar-refractivity contribution in [3.05, 3.63) is 47.7 Å². The first-order valence-corrected chi connectivity index (χ1v) is 22.9. The first-order valence-electron chi connectivity index (χ1n) is 22.9. The van der Waals surface area contributed by atoms with Crippen LogP contribution in [0.1, 0.15) is 97.0 Å². The number of anilines is 1. The van der Waals surface area contributed by atoms with Gasteiger partial charge in [-0.25, -0.2) is 27.8 Å². The SMILES string of the molecule is C#Cc1c(F)ccc2cc(OC(=O)N3CCC(N4CCCCC4)CC3)cc(-c3ncc4c(N5CCCCCN5C(=O)OC(C)(C)C)nc(OC[C@@]56CCCN5C[C@H](F)C6)nc4c3F)c12. The van der Waals surface area contributed by atoms with E-state index in [9.17, 15) is 14.0 Å². The molecule has 13 nitrogen and oxygen atoms in total. The minimum atomic E-state index is -0.998. The fourth-order valence-electron chi connectivity index (χ4n) is 10.4. The lowest BCUT2D eigenvalue weighted by atomic mass is 9.95. The Hall–Kier alpha value is -5.40. The zero-order valence-electron chi connectivity index (χ0n) is 37.0. The molecule has 2 aromatic heterocycles. The van der Waals surface area contributed by atoms with Crippen molar-refractivity contribution in [3.63, 3.8) is 0 Å². The summed E-state index contributed by atoms with van der Waals surface area (Å²) in [4.78, 5) is 47.9. The summed E-state index contributed by atoms with van der Waals surface area (Å²) >= 11 is 0. The Kier molecular flexibility index (Phi) is 12.2. The van der Waals surface area contributed by atoms with Gasteiger partial charge in [0.15, 0.2) is 11.6 Å². The third kappa shape index (κ3) is 8.73. The molecule has 0 N–H and O–H groups in total. The molecule has 16 heteroatoms. The van der Waals surface area contributed by atoms with Crippen molar-refractivity contribution < 1.29 is 37.0 Å². The summed E-state index contributed by atoms with van der Waals surface area (Å²) < 4.78 is 66.2. The predicted octanol–water partition coefficient (Wildman–Crippen LogP) is 8.65. The zero-order valence-corrected chi connectivity index (χ0v) is 37.0. The van der Waals surface area contributed by atoms with Gasteiger partial charge < -0.3 is 24.0 Å². The van der Waals surface area contributed by atoms with Gasteiger partial charge in [0, 0.05) is 62.3 Å². The number of carbonyl (C=O) groups excluding carboxylic acids is 2. The van der Waals surface area contributed by atoms with E-state index in [4.69, 9.17) is 25.6 Å². The number of benzene rings is 2. The van der Waals surface area contributed by atoms with Gasteiger partial charge in [0.1, 0.15) is 41.2 Å². The first kappa shape index (κ1) is 43.8. The number of terminal acetylenes is 1. The third-order valence-electron chi connectivity index (χ3n) is 13.5. The molecule has 2 aromatic carbocycles. The number of hydrogen-bond acceptors (Lipinski definition) is 11. The Morgan fingerprint density at radius 1 is 0.922 bits per heavy atom. The Morgan fingerprint density at radius 2 is 1.67 bits per heavy atom. The highest BCUT2D eigenvalue weighted by Crippen LogP contribution is 2.42. The van der Waals surface area contributed by atoms with E-state index in [1.165, 1.54) is 48.7 Å². The monoisotopic (exact) mass is 882 g/mol. The molecule has 5 fully saturated rings. The maximum Gasteiger partial charge on any atom is 0.429 e. The molecule has 4 aromatic rings. The molecular formula is C48H57F3N8O5. The summed E-state index contributed by atoms with van der Waals surface area (Å²) in [6.07, 6.45) is 14.6. The minimum Gasteiger partial charge on any atom is -0.461 e. The minimum absolute atomic E-state index is 0.0759. The van der Waals surface area contributed by atoms with Crippen LogP contribution in [-0.2, 0) is 4.74 Å².